The third kappa shape index (κ3) is 3.57. The summed E-state index contributed by atoms with van der Waals surface area (Å²) in [6.07, 6.45) is 0.0613. The number of hydrogen-bond acceptors (Lipinski definition) is 5. The molecule has 27 heavy (non-hydrogen) atoms. The molecule has 1 aliphatic rings. The van der Waals surface area contributed by atoms with Gasteiger partial charge in [0.2, 0.25) is 0 Å². The zero-order valence-corrected chi connectivity index (χ0v) is 15.1. The molecule has 3 aromatic rings. The summed E-state index contributed by atoms with van der Waals surface area (Å²) in [5.74, 6) is 0.210. The second-order valence-electron chi connectivity index (χ2n) is 6.30. The second-order valence-corrected chi connectivity index (χ2v) is 6.73. The van der Waals surface area contributed by atoms with Gasteiger partial charge in [0.15, 0.2) is 5.82 Å². The Hall–Kier alpha value is -3.12. The van der Waals surface area contributed by atoms with Crippen LogP contribution in [-0.4, -0.2) is 17.0 Å². The van der Waals surface area contributed by atoms with Gasteiger partial charge in [0.25, 0.3) is 5.91 Å². The minimum absolute atomic E-state index is 0.326. The molecule has 1 atom stereocenters. The van der Waals surface area contributed by atoms with E-state index in [0.29, 0.717) is 34.1 Å². The molecule has 0 spiro atoms. The van der Waals surface area contributed by atoms with Crippen LogP contribution in [0.5, 0.6) is 0 Å². The van der Waals surface area contributed by atoms with Crippen LogP contribution < -0.4 is 5.32 Å². The van der Waals surface area contributed by atoms with Gasteiger partial charge in [-0.3, -0.25) is 4.79 Å². The van der Waals surface area contributed by atoms with Crippen molar-refractivity contribution in [3.05, 3.63) is 81.6 Å². The number of carbonyl (C=O) groups excluding carboxylic acids is 2. The van der Waals surface area contributed by atoms with Crippen LogP contribution in [0.3, 0.4) is 0 Å². The zero-order valence-electron chi connectivity index (χ0n) is 14.4. The second kappa shape index (κ2) is 6.89. The van der Waals surface area contributed by atoms with Gasteiger partial charge in [-0.25, -0.2) is 4.79 Å². The Balaban J connectivity index is 1.59. The van der Waals surface area contributed by atoms with Crippen molar-refractivity contribution in [1.82, 2.24) is 5.16 Å². The van der Waals surface area contributed by atoms with E-state index in [-0.39, 0.29) is 5.91 Å². The number of hydrogen-bond donors (Lipinski definition) is 1. The fraction of sp³-hybridized carbons (Fsp3) is 0.150. The molecule has 1 N–H and O–H groups in total. The van der Waals surface area contributed by atoms with Crippen LogP contribution >= 0.6 is 11.6 Å². The maximum absolute atomic E-state index is 12.5. The highest BCUT2D eigenvalue weighted by atomic mass is 35.5. The lowest BCUT2D eigenvalue weighted by Gasteiger charge is -2.25. The highest BCUT2D eigenvalue weighted by Gasteiger charge is 2.28. The van der Waals surface area contributed by atoms with Gasteiger partial charge in [-0.15, -0.1) is 0 Å². The number of nitrogens with one attached hydrogen (secondary N) is 1. The summed E-state index contributed by atoms with van der Waals surface area (Å²) in [7, 11) is 0. The molecular weight excluding hydrogens is 368 g/mol. The van der Waals surface area contributed by atoms with E-state index in [2.05, 4.69) is 10.5 Å². The molecule has 6 nitrogen and oxygen atoms in total. The van der Waals surface area contributed by atoms with E-state index in [9.17, 15) is 9.59 Å². The smallest absolute Gasteiger partial charge is 0.339 e. The number of aromatic nitrogens is 1. The number of amides is 1. The molecule has 4 rings (SSSR count). The predicted octanol–water partition coefficient (Wildman–Crippen LogP) is 4.34. The lowest BCUT2D eigenvalue weighted by Crippen LogP contribution is -2.23. The van der Waals surface area contributed by atoms with Gasteiger partial charge >= 0.3 is 5.97 Å². The van der Waals surface area contributed by atoms with E-state index in [1.165, 1.54) is 0 Å². The number of aryl methyl sites for hydroxylation is 1. The van der Waals surface area contributed by atoms with Gasteiger partial charge in [-0.2, -0.15) is 0 Å². The summed E-state index contributed by atoms with van der Waals surface area (Å²) in [6.45, 7) is 1.74. The molecule has 2 aromatic carbocycles. The van der Waals surface area contributed by atoms with E-state index in [0.717, 1.165) is 11.1 Å². The standard InChI is InChI=1S/C20H15ClN2O4/c1-11-8-18(23-27-11)22-19(24)13-4-7-16-14(9-13)10-17(26-20(16)25)12-2-5-15(21)6-3-12/h2-9,17H,10H2,1H3,(H,22,23,24). The van der Waals surface area contributed by atoms with Crippen molar-refractivity contribution in [2.75, 3.05) is 5.32 Å². The fourth-order valence-corrected chi connectivity index (χ4v) is 3.14. The number of esters is 1. The van der Waals surface area contributed by atoms with Gasteiger partial charge in [0.05, 0.1) is 5.56 Å². The normalized spacial score (nSPS) is 15.8. The first-order valence-corrected chi connectivity index (χ1v) is 8.71. The van der Waals surface area contributed by atoms with Gasteiger partial charge in [-0.1, -0.05) is 28.9 Å². The molecule has 1 aliphatic heterocycles. The fourth-order valence-electron chi connectivity index (χ4n) is 3.01. The van der Waals surface area contributed by atoms with E-state index in [4.69, 9.17) is 20.9 Å². The van der Waals surface area contributed by atoms with E-state index >= 15 is 0 Å². The Morgan fingerprint density at radius 2 is 1.96 bits per heavy atom. The molecule has 0 radical (unpaired) electrons. The summed E-state index contributed by atoms with van der Waals surface area (Å²) in [5.41, 5.74) is 2.51. The minimum Gasteiger partial charge on any atom is -0.454 e. The van der Waals surface area contributed by atoms with Crippen LogP contribution in [0.2, 0.25) is 5.02 Å². The van der Waals surface area contributed by atoms with Crippen molar-refractivity contribution in [2.24, 2.45) is 0 Å². The average Bonchev–Trinajstić information content (AvgIpc) is 3.06. The molecule has 7 heteroatoms. The Morgan fingerprint density at radius 3 is 2.67 bits per heavy atom. The van der Waals surface area contributed by atoms with Crippen molar-refractivity contribution in [2.45, 2.75) is 19.4 Å². The van der Waals surface area contributed by atoms with Gasteiger partial charge in [-0.05, 0) is 48.4 Å². The minimum atomic E-state index is -0.418. The first kappa shape index (κ1) is 17.3. The molecule has 1 amide bonds. The predicted molar refractivity (Wildman–Crippen MR) is 98.9 cm³/mol. The van der Waals surface area contributed by atoms with Crippen molar-refractivity contribution in [1.29, 1.82) is 0 Å². The van der Waals surface area contributed by atoms with Crippen molar-refractivity contribution < 1.29 is 18.8 Å². The highest BCUT2D eigenvalue weighted by Crippen LogP contribution is 2.31. The molecule has 0 saturated carbocycles. The zero-order chi connectivity index (χ0) is 19.0. The first-order chi connectivity index (χ1) is 13.0. The van der Waals surface area contributed by atoms with Gasteiger partial charge in [0, 0.05) is 23.1 Å². The third-order valence-electron chi connectivity index (χ3n) is 4.35. The molecule has 0 bridgehead atoms. The summed E-state index contributed by atoms with van der Waals surface area (Å²) in [5, 5.41) is 7.03. The quantitative estimate of drug-likeness (QED) is 0.681. The summed E-state index contributed by atoms with van der Waals surface area (Å²) < 4.78 is 10.5. The molecule has 136 valence electrons. The lowest BCUT2D eigenvalue weighted by molar-refractivity contribution is 0.0252. The van der Waals surface area contributed by atoms with Crippen LogP contribution in [0.1, 0.15) is 43.7 Å². The largest absolute Gasteiger partial charge is 0.454 e. The van der Waals surface area contributed by atoms with Crippen molar-refractivity contribution in [3.8, 4) is 0 Å². The van der Waals surface area contributed by atoms with E-state index in [1.807, 2.05) is 12.1 Å². The number of halogens is 1. The molecular formula is C20H15ClN2O4. The lowest BCUT2D eigenvalue weighted by atomic mass is 9.93. The first-order valence-electron chi connectivity index (χ1n) is 8.33. The molecule has 2 heterocycles. The SMILES string of the molecule is Cc1cc(NC(=O)c2ccc3c(c2)CC(c2ccc(Cl)cc2)OC3=O)no1. The van der Waals surface area contributed by atoms with Crippen LogP contribution in [0.25, 0.3) is 0 Å². The number of cyclic esters (lactones) is 1. The number of carbonyl (C=O) groups is 2. The van der Waals surface area contributed by atoms with Crippen molar-refractivity contribution >= 4 is 29.3 Å². The Bertz CT molecular complexity index is 1030. The summed E-state index contributed by atoms with van der Waals surface area (Å²) >= 11 is 5.92. The Kier molecular flexibility index (Phi) is 4.41. The maximum Gasteiger partial charge on any atom is 0.339 e. The number of fused-ring (bicyclic) bond motifs is 1. The van der Waals surface area contributed by atoms with Gasteiger partial charge < -0.3 is 14.6 Å². The number of ether oxygens (including phenoxy) is 1. The maximum atomic E-state index is 12.5. The van der Waals surface area contributed by atoms with E-state index < -0.39 is 12.1 Å². The number of benzene rings is 2. The number of anilines is 1. The molecule has 0 aliphatic carbocycles. The summed E-state index contributed by atoms with van der Waals surface area (Å²) in [4.78, 5) is 24.8. The van der Waals surface area contributed by atoms with Crippen LogP contribution in [0, 0.1) is 6.92 Å². The van der Waals surface area contributed by atoms with Crippen LogP contribution in [0.4, 0.5) is 5.82 Å². The topological polar surface area (TPSA) is 81.4 Å². The van der Waals surface area contributed by atoms with Crippen LogP contribution in [-0.2, 0) is 11.2 Å². The molecule has 1 aromatic heterocycles. The Labute approximate surface area is 160 Å². The molecule has 1 unspecified atom stereocenters. The van der Waals surface area contributed by atoms with Crippen LogP contribution in [0.15, 0.2) is 53.1 Å². The van der Waals surface area contributed by atoms with Crippen molar-refractivity contribution in [3.63, 3.8) is 0 Å². The monoisotopic (exact) mass is 382 g/mol. The number of rotatable bonds is 3. The average molecular weight is 383 g/mol. The molecule has 0 saturated heterocycles. The van der Waals surface area contributed by atoms with Gasteiger partial charge in [0.1, 0.15) is 11.9 Å². The third-order valence-corrected chi connectivity index (χ3v) is 4.61. The Morgan fingerprint density at radius 1 is 1.19 bits per heavy atom. The number of nitrogens with zero attached hydrogens (tertiary/aromatic N) is 1. The summed E-state index contributed by atoms with van der Waals surface area (Å²) in [6, 6.07) is 13.7. The molecule has 0 fully saturated rings. The van der Waals surface area contributed by atoms with E-state index in [1.54, 1.807) is 43.3 Å². The highest BCUT2D eigenvalue weighted by molar-refractivity contribution is 6.30.